The zero-order valence-electron chi connectivity index (χ0n) is 13.8. The Labute approximate surface area is 136 Å². The number of para-hydroxylation sites is 3. The van der Waals surface area contributed by atoms with Gasteiger partial charge < -0.3 is 19.7 Å². The maximum atomic E-state index is 12.2. The zero-order valence-corrected chi connectivity index (χ0v) is 13.8. The van der Waals surface area contributed by atoms with Crippen LogP contribution in [-0.4, -0.2) is 33.7 Å². The first-order chi connectivity index (χ1) is 11.1. The molecule has 2 aromatic carbocycles. The summed E-state index contributed by atoms with van der Waals surface area (Å²) in [6, 6.07) is 15.2. The van der Waals surface area contributed by atoms with Crippen LogP contribution in [0.1, 0.15) is 5.56 Å². The molecule has 0 saturated carbocycles. The minimum absolute atomic E-state index is 0.0538. The lowest BCUT2D eigenvalue weighted by Crippen LogP contribution is -3.08. The fraction of sp³-hybridized carbons (Fsp3) is 0.278. The minimum atomic E-state index is -0.0538. The molecule has 1 amide bonds. The average Bonchev–Trinajstić information content (AvgIpc) is 2.55. The molecule has 0 fully saturated rings. The van der Waals surface area contributed by atoms with E-state index in [4.69, 9.17) is 9.47 Å². The topological polar surface area (TPSA) is 52.0 Å². The van der Waals surface area contributed by atoms with E-state index in [0.717, 1.165) is 16.2 Å². The minimum Gasteiger partial charge on any atom is -0.496 e. The molecule has 2 N–H and O–H groups in total. The summed E-state index contributed by atoms with van der Waals surface area (Å²) in [6.45, 7) is 1.07. The molecule has 0 radical (unpaired) electrons. The van der Waals surface area contributed by atoms with Crippen molar-refractivity contribution in [3.05, 3.63) is 54.1 Å². The van der Waals surface area contributed by atoms with Gasteiger partial charge in [-0.3, -0.25) is 4.79 Å². The van der Waals surface area contributed by atoms with Crippen LogP contribution in [0.25, 0.3) is 0 Å². The summed E-state index contributed by atoms with van der Waals surface area (Å²) >= 11 is 0. The third-order valence-electron chi connectivity index (χ3n) is 3.53. The second kappa shape index (κ2) is 8.19. The smallest absolute Gasteiger partial charge is 0.279 e. The fourth-order valence-corrected chi connectivity index (χ4v) is 2.45. The maximum Gasteiger partial charge on any atom is 0.279 e. The molecule has 0 bridgehead atoms. The number of benzene rings is 2. The lowest BCUT2D eigenvalue weighted by atomic mass is 10.2. The molecule has 1 unspecified atom stereocenters. The van der Waals surface area contributed by atoms with Gasteiger partial charge in [0, 0.05) is 5.56 Å². The van der Waals surface area contributed by atoms with E-state index < -0.39 is 0 Å². The molecule has 2 rings (SSSR count). The van der Waals surface area contributed by atoms with Crippen LogP contribution in [0.5, 0.6) is 11.5 Å². The molecule has 0 aliphatic rings. The number of quaternary nitrogens is 1. The Morgan fingerprint density at radius 1 is 1.00 bits per heavy atom. The molecule has 1 atom stereocenters. The Bertz CT molecular complexity index is 658. The highest BCUT2D eigenvalue weighted by Gasteiger charge is 2.14. The van der Waals surface area contributed by atoms with Gasteiger partial charge in [0.25, 0.3) is 5.91 Å². The first-order valence-electron chi connectivity index (χ1n) is 7.50. The van der Waals surface area contributed by atoms with Crippen LogP contribution < -0.4 is 19.7 Å². The van der Waals surface area contributed by atoms with Crippen molar-refractivity contribution in [2.75, 3.05) is 33.1 Å². The summed E-state index contributed by atoms with van der Waals surface area (Å²) in [5, 5.41) is 2.89. The molecule has 0 aliphatic heterocycles. The number of hydrogen-bond acceptors (Lipinski definition) is 3. The zero-order chi connectivity index (χ0) is 16.7. The van der Waals surface area contributed by atoms with E-state index in [9.17, 15) is 4.79 Å². The van der Waals surface area contributed by atoms with Gasteiger partial charge in [-0.25, -0.2) is 0 Å². The predicted octanol–water partition coefficient (Wildman–Crippen LogP) is 1.36. The molecule has 5 heteroatoms. The van der Waals surface area contributed by atoms with E-state index in [2.05, 4.69) is 5.32 Å². The highest BCUT2D eigenvalue weighted by molar-refractivity contribution is 5.92. The van der Waals surface area contributed by atoms with E-state index in [0.29, 0.717) is 24.5 Å². The van der Waals surface area contributed by atoms with E-state index in [-0.39, 0.29) is 5.91 Å². The summed E-state index contributed by atoms with van der Waals surface area (Å²) in [6.07, 6.45) is 0. The molecule has 0 saturated heterocycles. The molecule has 5 nitrogen and oxygen atoms in total. The molecule has 0 aliphatic carbocycles. The van der Waals surface area contributed by atoms with Crippen LogP contribution in [0.3, 0.4) is 0 Å². The quantitative estimate of drug-likeness (QED) is 0.811. The number of anilines is 1. The SMILES string of the molecule is COc1ccccc1C[NH+](C)CC(=O)Nc1ccccc1OC. The van der Waals surface area contributed by atoms with Gasteiger partial charge in [0.2, 0.25) is 0 Å². The van der Waals surface area contributed by atoms with Crippen LogP contribution in [0, 0.1) is 0 Å². The molecular formula is C18H23N2O3+. The van der Waals surface area contributed by atoms with Gasteiger partial charge in [-0.1, -0.05) is 24.3 Å². The van der Waals surface area contributed by atoms with Crippen LogP contribution in [0.4, 0.5) is 5.69 Å². The largest absolute Gasteiger partial charge is 0.496 e. The van der Waals surface area contributed by atoms with Gasteiger partial charge in [0.05, 0.1) is 27.0 Å². The van der Waals surface area contributed by atoms with Crippen molar-refractivity contribution < 1.29 is 19.2 Å². The number of carbonyl (C=O) groups excluding carboxylic acids is 1. The fourth-order valence-electron chi connectivity index (χ4n) is 2.45. The number of amides is 1. The Morgan fingerprint density at radius 3 is 2.30 bits per heavy atom. The Hall–Kier alpha value is -2.53. The third kappa shape index (κ3) is 4.72. The first kappa shape index (κ1) is 16.8. The summed E-state index contributed by atoms with van der Waals surface area (Å²) < 4.78 is 10.6. The summed E-state index contributed by atoms with van der Waals surface area (Å²) in [5.74, 6) is 1.45. The molecular weight excluding hydrogens is 292 g/mol. The molecule has 0 aromatic heterocycles. The van der Waals surface area contributed by atoms with Gasteiger partial charge in [0.1, 0.15) is 18.0 Å². The van der Waals surface area contributed by atoms with Crippen molar-refractivity contribution in [3.8, 4) is 11.5 Å². The summed E-state index contributed by atoms with van der Waals surface area (Å²) in [5.41, 5.74) is 1.77. The number of hydrogen-bond donors (Lipinski definition) is 2. The number of methoxy groups -OCH3 is 2. The molecule has 0 heterocycles. The maximum absolute atomic E-state index is 12.2. The van der Waals surface area contributed by atoms with Gasteiger partial charge in [-0.05, 0) is 24.3 Å². The normalized spacial score (nSPS) is 11.6. The highest BCUT2D eigenvalue weighted by atomic mass is 16.5. The number of nitrogens with one attached hydrogen (secondary N) is 2. The summed E-state index contributed by atoms with van der Waals surface area (Å²) in [4.78, 5) is 13.3. The van der Waals surface area contributed by atoms with Crippen molar-refractivity contribution in [3.63, 3.8) is 0 Å². The Morgan fingerprint density at radius 2 is 1.61 bits per heavy atom. The van der Waals surface area contributed by atoms with Crippen molar-refractivity contribution >= 4 is 11.6 Å². The Kier molecular flexibility index (Phi) is 6.00. The number of carbonyl (C=O) groups is 1. The number of likely N-dealkylation sites (N-methyl/N-ethyl adjacent to an activating group) is 1. The second-order valence-electron chi connectivity index (χ2n) is 5.37. The Balaban J connectivity index is 1.94. The standard InChI is InChI=1S/C18H22N2O3/c1-20(12-14-8-4-6-10-16(14)22-2)13-18(21)19-15-9-5-7-11-17(15)23-3/h4-11H,12-13H2,1-3H3,(H,19,21)/p+1. The van der Waals surface area contributed by atoms with Crippen LogP contribution in [0.2, 0.25) is 0 Å². The van der Waals surface area contributed by atoms with Gasteiger partial charge in [0.15, 0.2) is 6.54 Å². The van der Waals surface area contributed by atoms with Crippen molar-refractivity contribution in [2.24, 2.45) is 0 Å². The molecule has 23 heavy (non-hydrogen) atoms. The first-order valence-corrected chi connectivity index (χ1v) is 7.50. The molecule has 0 spiro atoms. The molecule has 122 valence electrons. The predicted molar refractivity (Wildman–Crippen MR) is 90.1 cm³/mol. The van der Waals surface area contributed by atoms with Crippen molar-refractivity contribution in [1.29, 1.82) is 0 Å². The number of rotatable bonds is 7. The van der Waals surface area contributed by atoms with Crippen molar-refractivity contribution in [1.82, 2.24) is 0 Å². The van der Waals surface area contributed by atoms with Gasteiger partial charge in [-0.2, -0.15) is 0 Å². The lowest BCUT2D eigenvalue weighted by molar-refractivity contribution is -0.885. The number of ether oxygens (including phenoxy) is 2. The second-order valence-corrected chi connectivity index (χ2v) is 5.37. The van der Waals surface area contributed by atoms with Crippen LogP contribution >= 0.6 is 0 Å². The molecule has 2 aromatic rings. The average molecular weight is 315 g/mol. The summed E-state index contributed by atoms with van der Waals surface area (Å²) in [7, 11) is 5.22. The van der Waals surface area contributed by atoms with Crippen molar-refractivity contribution in [2.45, 2.75) is 6.54 Å². The van der Waals surface area contributed by atoms with E-state index in [1.165, 1.54) is 0 Å². The highest BCUT2D eigenvalue weighted by Crippen LogP contribution is 2.22. The van der Waals surface area contributed by atoms with Gasteiger partial charge >= 0.3 is 0 Å². The van der Waals surface area contributed by atoms with E-state index >= 15 is 0 Å². The van der Waals surface area contributed by atoms with Crippen LogP contribution in [-0.2, 0) is 11.3 Å². The van der Waals surface area contributed by atoms with Gasteiger partial charge in [-0.15, -0.1) is 0 Å². The van der Waals surface area contributed by atoms with E-state index in [1.807, 2.05) is 55.6 Å². The third-order valence-corrected chi connectivity index (χ3v) is 3.53. The van der Waals surface area contributed by atoms with E-state index in [1.54, 1.807) is 14.2 Å². The lowest BCUT2D eigenvalue weighted by Gasteiger charge is -2.16. The monoisotopic (exact) mass is 315 g/mol. The van der Waals surface area contributed by atoms with Crippen LogP contribution in [0.15, 0.2) is 48.5 Å².